The molecule has 171 valence electrons. The first kappa shape index (κ1) is 21.3. The van der Waals surface area contributed by atoms with Crippen molar-refractivity contribution < 1.29 is 4.74 Å². The van der Waals surface area contributed by atoms with Crippen molar-refractivity contribution in [2.45, 2.75) is 19.3 Å². The molecule has 5 heteroatoms. The molecule has 4 aromatic rings. The average Bonchev–Trinajstić information content (AvgIpc) is 3.67. The Bertz CT molecular complexity index is 1330. The van der Waals surface area contributed by atoms with E-state index in [0.717, 1.165) is 67.2 Å². The lowest BCUT2D eigenvalue weighted by molar-refractivity contribution is 0.0384. The molecule has 3 heterocycles. The second-order valence-electron chi connectivity index (χ2n) is 9.25. The molecular formula is C29H29N4O. The van der Waals surface area contributed by atoms with Crippen LogP contribution in [0, 0.1) is 6.42 Å². The lowest BCUT2D eigenvalue weighted by Gasteiger charge is -2.26. The Hall–Kier alpha value is -3.28. The van der Waals surface area contributed by atoms with Crippen LogP contribution in [0.25, 0.3) is 27.9 Å². The van der Waals surface area contributed by atoms with E-state index < -0.39 is 0 Å². The van der Waals surface area contributed by atoms with Crippen LogP contribution < -0.4 is 0 Å². The summed E-state index contributed by atoms with van der Waals surface area (Å²) in [4.78, 5) is 7.27. The maximum absolute atomic E-state index is 5.44. The van der Waals surface area contributed by atoms with E-state index in [0.29, 0.717) is 5.92 Å². The second-order valence-corrected chi connectivity index (χ2v) is 9.25. The minimum atomic E-state index is 0.429. The first-order chi connectivity index (χ1) is 16.7. The highest BCUT2D eigenvalue weighted by Crippen LogP contribution is 2.36. The summed E-state index contributed by atoms with van der Waals surface area (Å²) >= 11 is 0. The van der Waals surface area contributed by atoms with Gasteiger partial charge in [-0.25, -0.2) is 9.50 Å². The summed E-state index contributed by atoms with van der Waals surface area (Å²) in [5.41, 5.74) is 9.42. The lowest BCUT2D eigenvalue weighted by Crippen LogP contribution is -2.37. The zero-order valence-electron chi connectivity index (χ0n) is 19.5. The summed E-state index contributed by atoms with van der Waals surface area (Å²) < 4.78 is 7.33. The topological polar surface area (TPSA) is 42.7 Å². The summed E-state index contributed by atoms with van der Waals surface area (Å²) in [5, 5.41) is 4.62. The van der Waals surface area contributed by atoms with E-state index in [4.69, 9.17) is 9.72 Å². The molecule has 5 nitrogen and oxygen atoms in total. The minimum absolute atomic E-state index is 0.429. The Kier molecular flexibility index (Phi) is 5.73. The van der Waals surface area contributed by atoms with Crippen molar-refractivity contribution in [2.24, 2.45) is 0 Å². The normalized spacial score (nSPS) is 17.0. The SMILES string of the molecule is C[C@@H](C1=C[CH]1)c1cccc(-c2cnn3cc(-c4ccc(CCN5CCOCC5)cc4)cnc23)c1. The number of morpholine rings is 1. The molecule has 0 amide bonds. The molecule has 0 bridgehead atoms. The molecule has 1 aliphatic carbocycles. The molecule has 0 unspecified atom stereocenters. The number of benzene rings is 2. The third-order valence-corrected chi connectivity index (χ3v) is 7.02. The van der Waals surface area contributed by atoms with Gasteiger partial charge in [-0.2, -0.15) is 5.10 Å². The molecule has 1 aliphatic heterocycles. The average molecular weight is 450 g/mol. The van der Waals surface area contributed by atoms with Crippen molar-refractivity contribution in [2.75, 3.05) is 32.8 Å². The van der Waals surface area contributed by atoms with E-state index in [1.165, 1.54) is 16.7 Å². The number of ether oxygens (including phenoxy) is 1. The molecular weight excluding hydrogens is 420 g/mol. The van der Waals surface area contributed by atoms with Gasteiger partial charge >= 0.3 is 0 Å². The molecule has 2 aliphatic rings. The van der Waals surface area contributed by atoms with E-state index in [1.807, 2.05) is 16.9 Å². The number of fused-ring (bicyclic) bond motifs is 1. The monoisotopic (exact) mass is 449 g/mol. The van der Waals surface area contributed by atoms with Crippen LogP contribution in [0.15, 0.2) is 78.8 Å². The molecule has 1 atom stereocenters. The molecule has 0 spiro atoms. The van der Waals surface area contributed by atoms with Gasteiger partial charge < -0.3 is 4.74 Å². The number of hydrogen-bond acceptors (Lipinski definition) is 4. The second kappa shape index (κ2) is 9.16. The maximum Gasteiger partial charge on any atom is 0.162 e. The fourth-order valence-corrected chi connectivity index (χ4v) is 4.71. The molecule has 1 fully saturated rings. The van der Waals surface area contributed by atoms with Gasteiger partial charge in [-0.3, -0.25) is 4.90 Å². The van der Waals surface area contributed by atoms with E-state index in [9.17, 15) is 0 Å². The van der Waals surface area contributed by atoms with Gasteiger partial charge in [0.2, 0.25) is 0 Å². The standard InChI is InChI=1S/C29H29N4O/c1-21(23-9-10-23)25-3-2-4-26(17-25)28-19-31-33-20-27(18-30-29(28)33)24-7-5-22(6-8-24)11-12-32-13-15-34-16-14-32/h2-10,17-21H,11-16H2,1H3/t21-/m0/s1. The molecule has 1 saturated heterocycles. The quantitative estimate of drug-likeness (QED) is 0.390. The van der Waals surface area contributed by atoms with Gasteiger partial charge in [-0.05, 0) is 28.7 Å². The largest absolute Gasteiger partial charge is 0.379 e. The predicted molar refractivity (Wildman–Crippen MR) is 136 cm³/mol. The number of aromatic nitrogens is 3. The highest BCUT2D eigenvalue weighted by atomic mass is 16.5. The molecule has 2 aromatic carbocycles. The molecule has 34 heavy (non-hydrogen) atoms. The van der Waals surface area contributed by atoms with Crippen LogP contribution in [0.1, 0.15) is 24.0 Å². The molecule has 2 aromatic heterocycles. The van der Waals surface area contributed by atoms with Gasteiger partial charge in [0.05, 0.1) is 19.4 Å². The molecule has 6 rings (SSSR count). The Morgan fingerprint density at radius 2 is 1.79 bits per heavy atom. The Morgan fingerprint density at radius 3 is 2.59 bits per heavy atom. The smallest absolute Gasteiger partial charge is 0.162 e. The molecule has 0 N–H and O–H groups in total. The highest BCUT2D eigenvalue weighted by Gasteiger charge is 2.19. The summed E-state index contributed by atoms with van der Waals surface area (Å²) in [6.07, 6.45) is 11.4. The van der Waals surface area contributed by atoms with Crippen LogP contribution in [-0.2, 0) is 11.2 Å². The zero-order valence-corrected chi connectivity index (χ0v) is 19.5. The summed E-state index contributed by atoms with van der Waals surface area (Å²) in [5.74, 6) is 0.429. The van der Waals surface area contributed by atoms with Crippen LogP contribution >= 0.6 is 0 Å². The van der Waals surface area contributed by atoms with Crippen molar-refractivity contribution >= 4 is 5.65 Å². The predicted octanol–water partition coefficient (Wildman–Crippen LogP) is 5.19. The fourth-order valence-electron chi connectivity index (χ4n) is 4.71. The Balaban J connectivity index is 1.20. The van der Waals surface area contributed by atoms with E-state index in [-0.39, 0.29) is 0 Å². The Labute approximate surface area is 200 Å². The van der Waals surface area contributed by atoms with Crippen LogP contribution in [0.4, 0.5) is 0 Å². The van der Waals surface area contributed by atoms with Crippen molar-refractivity contribution in [1.82, 2.24) is 19.5 Å². The lowest BCUT2D eigenvalue weighted by atomic mass is 9.95. The number of hydrogen-bond donors (Lipinski definition) is 0. The van der Waals surface area contributed by atoms with E-state index in [2.05, 4.69) is 84.1 Å². The van der Waals surface area contributed by atoms with Crippen molar-refractivity contribution in [3.8, 4) is 22.3 Å². The fraction of sp³-hybridized carbons (Fsp3) is 0.276. The molecule has 0 saturated carbocycles. The third kappa shape index (κ3) is 4.41. The van der Waals surface area contributed by atoms with Gasteiger partial charge in [-0.15, -0.1) is 0 Å². The first-order valence-corrected chi connectivity index (χ1v) is 12.1. The summed E-state index contributed by atoms with van der Waals surface area (Å²) in [6.45, 7) is 7.12. The van der Waals surface area contributed by atoms with Crippen molar-refractivity contribution in [3.63, 3.8) is 0 Å². The van der Waals surface area contributed by atoms with E-state index in [1.54, 1.807) is 0 Å². The zero-order chi connectivity index (χ0) is 22.9. The van der Waals surface area contributed by atoms with Gasteiger partial charge in [0.1, 0.15) is 0 Å². The van der Waals surface area contributed by atoms with Crippen molar-refractivity contribution in [1.29, 1.82) is 0 Å². The van der Waals surface area contributed by atoms with Crippen molar-refractivity contribution in [3.05, 3.63) is 96.3 Å². The number of allylic oxidation sites excluding steroid dienone is 2. The Morgan fingerprint density at radius 1 is 0.971 bits per heavy atom. The van der Waals surface area contributed by atoms with Gasteiger partial charge in [0.15, 0.2) is 5.65 Å². The summed E-state index contributed by atoms with van der Waals surface area (Å²) in [6, 6.07) is 17.6. The first-order valence-electron chi connectivity index (χ1n) is 12.1. The van der Waals surface area contributed by atoms with E-state index >= 15 is 0 Å². The van der Waals surface area contributed by atoms with Gasteiger partial charge in [0, 0.05) is 55.5 Å². The van der Waals surface area contributed by atoms with Crippen LogP contribution in [0.5, 0.6) is 0 Å². The maximum atomic E-state index is 5.44. The van der Waals surface area contributed by atoms with Gasteiger partial charge in [-0.1, -0.05) is 67.1 Å². The minimum Gasteiger partial charge on any atom is -0.379 e. The summed E-state index contributed by atoms with van der Waals surface area (Å²) in [7, 11) is 0. The number of nitrogens with zero attached hydrogens (tertiary/aromatic N) is 4. The number of rotatable bonds is 7. The highest BCUT2D eigenvalue weighted by molar-refractivity contribution is 5.78. The molecule has 1 radical (unpaired) electrons. The van der Waals surface area contributed by atoms with Gasteiger partial charge in [0.25, 0.3) is 0 Å². The van der Waals surface area contributed by atoms with Crippen LogP contribution in [-0.4, -0.2) is 52.3 Å². The van der Waals surface area contributed by atoms with Crippen LogP contribution in [0.2, 0.25) is 0 Å². The third-order valence-electron chi connectivity index (χ3n) is 7.02. The van der Waals surface area contributed by atoms with Crippen LogP contribution in [0.3, 0.4) is 0 Å².